The van der Waals surface area contributed by atoms with Gasteiger partial charge in [-0.1, -0.05) is 230 Å². The molecular weight excluding hydrogens is 719 g/mol. The molecule has 0 bridgehead atoms. The molecule has 1 amide bonds. The number of carbonyl (C=O) groups is 2. The Bertz CT molecular complexity index is 946. The van der Waals surface area contributed by atoms with Gasteiger partial charge in [0, 0.05) is 12.8 Å². The molecule has 0 heterocycles. The van der Waals surface area contributed by atoms with E-state index in [4.69, 9.17) is 4.74 Å². The molecule has 2 atom stereocenters. The van der Waals surface area contributed by atoms with E-state index in [0.717, 1.165) is 51.4 Å². The Hall–Kier alpha value is -1.92. The first-order chi connectivity index (χ1) is 28.5. The third-order valence-corrected chi connectivity index (χ3v) is 11.4. The molecule has 6 nitrogen and oxygen atoms in total. The summed E-state index contributed by atoms with van der Waals surface area (Å²) in [6.45, 7) is 4.83. The van der Waals surface area contributed by atoms with Crippen molar-refractivity contribution < 1.29 is 24.5 Å². The Morgan fingerprint density at radius 3 is 1.34 bits per heavy atom. The Labute approximate surface area is 360 Å². The zero-order valence-electron chi connectivity index (χ0n) is 38.5. The Kier molecular flexibility index (Phi) is 46.2. The predicted octanol–water partition coefficient (Wildman–Crippen LogP) is 14.9. The summed E-state index contributed by atoms with van der Waals surface area (Å²) < 4.78 is 5.43. The maximum absolute atomic E-state index is 12.4. The molecule has 58 heavy (non-hydrogen) atoms. The third kappa shape index (κ3) is 43.7. The number of nitrogens with one attached hydrogen (secondary N) is 1. The van der Waals surface area contributed by atoms with Gasteiger partial charge in [-0.05, 0) is 51.4 Å². The molecule has 3 N–H and O–H groups in total. The van der Waals surface area contributed by atoms with Crippen LogP contribution in [0.2, 0.25) is 0 Å². The van der Waals surface area contributed by atoms with Crippen molar-refractivity contribution in [2.24, 2.45) is 0 Å². The zero-order valence-corrected chi connectivity index (χ0v) is 38.5. The molecular formula is C52H97NO5. The van der Waals surface area contributed by atoms with Gasteiger partial charge < -0.3 is 20.3 Å². The minimum atomic E-state index is -0.879. The van der Waals surface area contributed by atoms with Crippen LogP contribution in [0.3, 0.4) is 0 Å². The lowest BCUT2D eigenvalue weighted by molar-refractivity contribution is -0.143. The second kappa shape index (κ2) is 47.8. The molecule has 0 fully saturated rings. The van der Waals surface area contributed by atoms with Crippen LogP contribution in [0.25, 0.3) is 0 Å². The number of esters is 1. The van der Waals surface area contributed by atoms with Crippen LogP contribution >= 0.6 is 0 Å². The fourth-order valence-corrected chi connectivity index (χ4v) is 7.51. The highest BCUT2D eigenvalue weighted by Crippen LogP contribution is 2.15. The summed E-state index contributed by atoms with van der Waals surface area (Å²) in [6, 6.07) is -0.671. The maximum Gasteiger partial charge on any atom is 0.305 e. The van der Waals surface area contributed by atoms with Gasteiger partial charge in [0.2, 0.25) is 5.91 Å². The van der Waals surface area contributed by atoms with Gasteiger partial charge in [0.05, 0.1) is 25.4 Å². The van der Waals surface area contributed by atoms with Crippen LogP contribution in [0, 0.1) is 0 Å². The van der Waals surface area contributed by atoms with Crippen LogP contribution in [-0.4, -0.2) is 47.4 Å². The number of amides is 1. The fourth-order valence-electron chi connectivity index (χ4n) is 7.51. The molecule has 6 heteroatoms. The molecule has 0 aliphatic heterocycles. The van der Waals surface area contributed by atoms with Crippen molar-refractivity contribution in [3.63, 3.8) is 0 Å². The van der Waals surface area contributed by atoms with E-state index < -0.39 is 12.1 Å². The maximum atomic E-state index is 12.4. The number of allylic oxidation sites excluding steroid dienone is 5. The molecule has 340 valence electrons. The topological polar surface area (TPSA) is 95.9 Å². The minimum absolute atomic E-state index is 0.0193. The van der Waals surface area contributed by atoms with Crippen LogP contribution in [-0.2, 0) is 14.3 Å². The van der Waals surface area contributed by atoms with Gasteiger partial charge >= 0.3 is 5.97 Å². The molecule has 0 saturated carbocycles. The number of aliphatic hydroxyl groups excluding tert-OH is 2. The molecule has 0 radical (unpaired) electrons. The summed E-state index contributed by atoms with van der Waals surface area (Å²) in [5, 5.41) is 23.0. The van der Waals surface area contributed by atoms with Gasteiger partial charge in [-0.25, -0.2) is 0 Å². The van der Waals surface area contributed by atoms with E-state index in [1.165, 1.54) is 173 Å². The number of carbonyl (C=O) groups excluding carboxylic acids is 2. The van der Waals surface area contributed by atoms with Crippen LogP contribution in [0.4, 0.5) is 0 Å². The lowest BCUT2D eigenvalue weighted by Gasteiger charge is -2.19. The largest absolute Gasteiger partial charge is 0.466 e. The third-order valence-electron chi connectivity index (χ3n) is 11.4. The van der Waals surface area contributed by atoms with Crippen LogP contribution < -0.4 is 5.32 Å². The average molecular weight is 816 g/mol. The van der Waals surface area contributed by atoms with E-state index in [1.54, 1.807) is 6.08 Å². The Morgan fingerprint density at radius 1 is 0.483 bits per heavy atom. The number of hydrogen-bond donors (Lipinski definition) is 3. The van der Waals surface area contributed by atoms with E-state index in [1.807, 2.05) is 12.2 Å². The first-order valence-electron chi connectivity index (χ1n) is 25.3. The van der Waals surface area contributed by atoms with E-state index in [2.05, 4.69) is 37.4 Å². The summed E-state index contributed by atoms with van der Waals surface area (Å²) in [6.07, 6.45) is 57.2. The highest BCUT2D eigenvalue weighted by molar-refractivity contribution is 5.76. The van der Waals surface area contributed by atoms with Gasteiger partial charge in [0.15, 0.2) is 0 Å². The number of unbranched alkanes of at least 4 members (excludes halogenated alkanes) is 31. The SMILES string of the molecule is CCCCCCCCCCCCCCCCC/C=C/C(O)C(CO)NC(=O)CC/C=C\C/C=C\CCCCCCCCOC(=O)CCCCCCCCCCCCC. The Balaban J connectivity index is 3.61. The predicted molar refractivity (Wildman–Crippen MR) is 250 cm³/mol. The quantitative estimate of drug-likeness (QED) is 0.0323. The van der Waals surface area contributed by atoms with Crippen molar-refractivity contribution in [3.8, 4) is 0 Å². The van der Waals surface area contributed by atoms with Crippen molar-refractivity contribution in [1.82, 2.24) is 5.32 Å². The second-order valence-corrected chi connectivity index (χ2v) is 17.1. The highest BCUT2D eigenvalue weighted by Gasteiger charge is 2.17. The number of hydrogen-bond acceptors (Lipinski definition) is 5. The first kappa shape index (κ1) is 56.1. The summed E-state index contributed by atoms with van der Waals surface area (Å²) >= 11 is 0. The van der Waals surface area contributed by atoms with Gasteiger partial charge in [-0.2, -0.15) is 0 Å². The summed E-state index contributed by atoms with van der Waals surface area (Å²) in [7, 11) is 0. The zero-order chi connectivity index (χ0) is 42.3. The molecule has 0 aliphatic carbocycles. The van der Waals surface area contributed by atoms with Crippen molar-refractivity contribution in [2.75, 3.05) is 13.2 Å². The molecule has 0 aromatic carbocycles. The molecule has 0 spiro atoms. The molecule has 0 aromatic heterocycles. The first-order valence-corrected chi connectivity index (χ1v) is 25.3. The molecule has 0 rings (SSSR count). The van der Waals surface area contributed by atoms with E-state index >= 15 is 0 Å². The monoisotopic (exact) mass is 816 g/mol. The fraction of sp³-hybridized carbons (Fsp3) is 0.846. The van der Waals surface area contributed by atoms with Crippen LogP contribution in [0.15, 0.2) is 36.5 Å². The van der Waals surface area contributed by atoms with Crippen molar-refractivity contribution in [3.05, 3.63) is 36.5 Å². The highest BCUT2D eigenvalue weighted by atomic mass is 16.5. The summed E-state index contributed by atoms with van der Waals surface area (Å²) in [5.74, 6) is -0.168. The van der Waals surface area contributed by atoms with E-state index in [0.29, 0.717) is 25.9 Å². The van der Waals surface area contributed by atoms with Gasteiger partial charge in [0.1, 0.15) is 0 Å². The van der Waals surface area contributed by atoms with Crippen molar-refractivity contribution >= 4 is 11.9 Å². The van der Waals surface area contributed by atoms with Crippen LogP contribution in [0.5, 0.6) is 0 Å². The smallest absolute Gasteiger partial charge is 0.305 e. The van der Waals surface area contributed by atoms with Gasteiger partial charge in [-0.15, -0.1) is 0 Å². The molecule has 0 aliphatic rings. The Morgan fingerprint density at radius 2 is 0.879 bits per heavy atom. The molecule has 0 saturated heterocycles. The van der Waals surface area contributed by atoms with Gasteiger partial charge in [-0.3, -0.25) is 9.59 Å². The summed E-state index contributed by atoms with van der Waals surface area (Å²) in [5.41, 5.74) is 0. The van der Waals surface area contributed by atoms with Crippen LogP contribution in [0.1, 0.15) is 258 Å². The van der Waals surface area contributed by atoms with Gasteiger partial charge in [0.25, 0.3) is 0 Å². The second-order valence-electron chi connectivity index (χ2n) is 17.1. The average Bonchev–Trinajstić information content (AvgIpc) is 3.22. The standard InChI is InChI=1S/C52H97NO5/c1-3-5-7-9-11-13-15-16-17-18-19-21-25-28-32-36-40-44-50(55)49(48-54)53-51(56)45-41-37-33-29-26-22-20-23-27-31-35-39-43-47-58-52(57)46-42-38-34-30-24-14-12-10-8-6-4-2/h22,26,33,37,40,44,49-50,54-55H,3-21,23-25,27-32,34-36,38-39,41-43,45-48H2,1-2H3,(H,53,56)/b26-22-,37-33-,44-40+. The lowest BCUT2D eigenvalue weighted by Crippen LogP contribution is -2.45. The minimum Gasteiger partial charge on any atom is -0.466 e. The number of ether oxygens (including phenoxy) is 1. The summed E-state index contributed by atoms with van der Waals surface area (Å²) in [4.78, 5) is 24.4. The normalized spacial score (nSPS) is 13.0. The number of rotatable bonds is 46. The molecule has 0 aromatic rings. The van der Waals surface area contributed by atoms with E-state index in [9.17, 15) is 19.8 Å². The van der Waals surface area contributed by atoms with Crippen molar-refractivity contribution in [2.45, 2.75) is 270 Å². The lowest BCUT2D eigenvalue weighted by atomic mass is 10.0. The van der Waals surface area contributed by atoms with E-state index in [-0.39, 0.29) is 18.5 Å². The number of aliphatic hydroxyl groups is 2. The van der Waals surface area contributed by atoms with Crippen molar-refractivity contribution in [1.29, 1.82) is 0 Å². The molecule has 2 unspecified atom stereocenters.